The lowest BCUT2D eigenvalue weighted by atomic mass is 10.1. The second kappa shape index (κ2) is 11.0. The van der Waals surface area contributed by atoms with E-state index in [2.05, 4.69) is 5.32 Å². The first kappa shape index (κ1) is 23.0. The van der Waals surface area contributed by atoms with E-state index in [1.54, 1.807) is 20.8 Å². The maximum Gasteiger partial charge on any atom is 0.408 e. The fourth-order valence-corrected chi connectivity index (χ4v) is 2.66. The number of esters is 1. The Bertz CT molecular complexity index is 595. The van der Waals surface area contributed by atoms with Crippen molar-refractivity contribution >= 4 is 29.4 Å². The molecule has 27 heavy (non-hydrogen) atoms. The van der Waals surface area contributed by atoms with E-state index < -0.39 is 23.7 Å². The number of carbonyl (C=O) groups excluding carboxylic acids is 2. The van der Waals surface area contributed by atoms with E-state index in [1.165, 1.54) is 7.11 Å². The van der Waals surface area contributed by atoms with Crippen LogP contribution in [0.2, 0.25) is 0 Å². The summed E-state index contributed by atoms with van der Waals surface area (Å²) in [6, 6.07) is 6.65. The van der Waals surface area contributed by atoms with Gasteiger partial charge < -0.3 is 24.8 Å². The zero-order valence-corrected chi connectivity index (χ0v) is 17.1. The number of nitrogens with one attached hydrogen (secondary N) is 1. The number of halogens is 1. The second-order valence-corrected chi connectivity index (χ2v) is 7.37. The molecule has 1 aromatic carbocycles. The number of hydrogen-bond donors (Lipinski definition) is 2. The Balaban J connectivity index is 2.83. The number of anilines is 1. The maximum absolute atomic E-state index is 12.0. The molecule has 8 heteroatoms. The van der Waals surface area contributed by atoms with E-state index in [0.717, 1.165) is 11.3 Å². The zero-order chi connectivity index (χ0) is 20.4. The van der Waals surface area contributed by atoms with E-state index in [0.29, 0.717) is 19.0 Å². The smallest absolute Gasteiger partial charge is 0.408 e. The molecule has 0 aromatic heterocycles. The third-order valence-electron chi connectivity index (χ3n) is 3.64. The van der Waals surface area contributed by atoms with E-state index in [9.17, 15) is 9.59 Å². The highest BCUT2D eigenvalue weighted by molar-refractivity contribution is 6.18. The number of methoxy groups -OCH3 is 1. The summed E-state index contributed by atoms with van der Waals surface area (Å²) in [5.41, 5.74) is 1.11. The lowest BCUT2D eigenvalue weighted by molar-refractivity contribution is -0.143. The van der Waals surface area contributed by atoms with Crippen LogP contribution in [0.5, 0.6) is 0 Å². The first-order valence-electron chi connectivity index (χ1n) is 8.78. The van der Waals surface area contributed by atoms with Crippen molar-refractivity contribution in [1.29, 1.82) is 0 Å². The Kier molecular flexibility index (Phi) is 9.38. The Morgan fingerprint density at radius 2 is 1.85 bits per heavy atom. The fourth-order valence-electron chi connectivity index (χ4n) is 2.46. The molecule has 1 amide bonds. The number of aliphatic hydroxyl groups excluding tert-OH is 1. The number of hydrogen-bond acceptors (Lipinski definition) is 6. The SMILES string of the molecule is COC(=O)[C@H](Cc1ccc(N(CCO)CCCl)cc1)NC(=O)OC(C)(C)C. The molecule has 0 aliphatic heterocycles. The normalized spacial score (nSPS) is 12.2. The van der Waals surface area contributed by atoms with Crippen molar-refractivity contribution in [2.24, 2.45) is 0 Å². The van der Waals surface area contributed by atoms with Gasteiger partial charge in [-0.2, -0.15) is 0 Å². The molecule has 1 rings (SSSR count). The molecule has 0 aliphatic rings. The minimum atomic E-state index is -0.855. The van der Waals surface area contributed by atoms with Crippen LogP contribution in [0.25, 0.3) is 0 Å². The summed E-state index contributed by atoms with van der Waals surface area (Å²) in [4.78, 5) is 26.0. The van der Waals surface area contributed by atoms with Gasteiger partial charge in [-0.05, 0) is 38.5 Å². The largest absolute Gasteiger partial charge is 0.467 e. The first-order chi connectivity index (χ1) is 12.7. The summed E-state index contributed by atoms with van der Waals surface area (Å²) in [7, 11) is 1.27. The molecule has 0 radical (unpaired) electrons. The lowest BCUT2D eigenvalue weighted by Crippen LogP contribution is -2.45. The summed E-state index contributed by atoms with van der Waals surface area (Å²) in [5.74, 6) is -0.0969. The van der Waals surface area contributed by atoms with Crippen LogP contribution in [-0.4, -0.2) is 61.5 Å². The van der Waals surface area contributed by atoms with Crippen LogP contribution in [-0.2, 0) is 20.7 Å². The molecule has 2 N–H and O–H groups in total. The molecule has 0 fully saturated rings. The van der Waals surface area contributed by atoms with Gasteiger partial charge in [0.05, 0.1) is 13.7 Å². The minimum absolute atomic E-state index is 0.0306. The molecular formula is C19H29ClN2O5. The van der Waals surface area contributed by atoms with Crippen LogP contribution in [0.4, 0.5) is 10.5 Å². The molecule has 1 atom stereocenters. The topological polar surface area (TPSA) is 88.1 Å². The monoisotopic (exact) mass is 400 g/mol. The van der Waals surface area contributed by atoms with Crippen molar-refractivity contribution in [3.05, 3.63) is 29.8 Å². The van der Waals surface area contributed by atoms with Gasteiger partial charge >= 0.3 is 12.1 Å². The second-order valence-electron chi connectivity index (χ2n) is 6.99. The van der Waals surface area contributed by atoms with Gasteiger partial charge in [0.15, 0.2) is 0 Å². The number of ether oxygens (including phenoxy) is 2. The Hall–Kier alpha value is -1.99. The van der Waals surface area contributed by atoms with Crippen LogP contribution >= 0.6 is 11.6 Å². The van der Waals surface area contributed by atoms with Crippen LogP contribution < -0.4 is 10.2 Å². The van der Waals surface area contributed by atoms with E-state index in [4.69, 9.17) is 26.2 Å². The molecular weight excluding hydrogens is 372 g/mol. The Morgan fingerprint density at radius 3 is 2.33 bits per heavy atom. The lowest BCUT2D eigenvalue weighted by Gasteiger charge is -2.24. The van der Waals surface area contributed by atoms with Gasteiger partial charge in [-0.15, -0.1) is 11.6 Å². The van der Waals surface area contributed by atoms with Crippen LogP contribution in [0.1, 0.15) is 26.3 Å². The molecule has 0 spiro atoms. The summed E-state index contributed by atoms with van der Waals surface area (Å²) in [5, 5.41) is 11.7. The Morgan fingerprint density at radius 1 is 1.22 bits per heavy atom. The van der Waals surface area contributed by atoms with Crippen LogP contribution in [0, 0.1) is 0 Å². The van der Waals surface area contributed by atoms with Gasteiger partial charge in [0, 0.05) is 31.1 Å². The third-order valence-corrected chi connectivity index (χ3v) is 3.81. The molecule has 0 aliphatic carbocycles. The zero-order valence-electron chi connectivity index (χ0n) is 16.3. The highest BCUT2D eigenvalue weighted by atomic mass is 35.5. The molecule has 7 nitrogen and oxygen atoms in total. The summed E-state index contributed by atoms with van der Waals surface area (Å²) in [6.45, 7) is 6.37. The maximum atomic E-state index is 12.0. The molecule has 0 saturated heterocycles. The highest BCUT2D eigenvalue weighted by Gasteiger charge is 2.25. The average Bonchev–Trinajstić information content (AvgIpc) is 2.59. The molecule has 152 valence electrons. The molecule has 0 saturated carbocycles. The predicted molar refractivity (Wildman–Crippen MR) is 105 cm³/mol. The fraction of sp³-hybridized carbons (Fsp3) is 0.579. The van der Waals surface area contributed by atoms with Gasteiger partial charge in [0.2, 0.25) is 0 Å². The number of rotatable bonds is 9. The average molecular weight is 401 g/mol. The van der Waals surface area contributed by atoms with Gasteiger partial charge in [-0.25, -0.2) is 9.59 Å². The highest BCUT2D eigenvalue weighted by Crippen LogP contribution is 2.17. The molecule has 1 aromatic rings. The Labute approximate surface area is 165 Å². The third kappa shape index (κ3) is 8.49. The van der Waals surface area contributed by atoms with Crippen LogP contribution in [0.15, 0.2) is 24.3 Å². The summed E-state index contributed by atoms with van der Waals surface area (Å²) >= 11 is 5.80. The van der Waals surface area contributed by atoms with Gasteiger partial charge in [-0.3, -0.25) is 0 Å². The molecule has 0 unspecified atom stereocenters. The van der Waals surface area contributed by atoms with Crippen molar-refractivity contribution in [2.45, 2.75) is 38.8 Å². The number of aliphatic hydroxyl groups is 1. The van der Waals surface area contributed by atoms with Crippen molar-refractivity contribution in [2.75, 3.05) is 37.6 Å². The van der Waals surface area contributed by atoms with E-state index >= 15 is 0 Å². The number of amides is 1. The van der Waals surface area contributed by atoms with E-state index in [1.807, 2.05) is 29.2 Å². The van der Waals surface area contributed by atoms with Crippen LogP contribution in [0.3, 0.4) is 0 Å². The van der Waals surface area contributed by atoms with Crippen molar-refractivity contribution in [3.8, 4) is 0 Å². The predicted octanol–water partition coefficient (Wildman–Crippen LogP) is 2.33. The standard InChI is InChI=1S/C19H29ClN2O5/c1-19(2,3)27-18(25)21-16(17(24)26-4)13-14-5-7-15(8-6-14)22(10-9-20)11-12-23/h5-8,16,23H,9-13H2,1-4H3,(H,21,25)/t16-/m0/s1. The quantitative estimate of drug-likeness (QED) is 0.488. The van der Waals surface area contributed by atoms with E-state index in [-0.39, 0.29) is 13.0 Å². The van der Waals surface area contributed by atoms with Gasteiger partial charge in [0.1, 0.15) is 11.6 Å². The molecule has 0 bridgehead atoms. The summed E-state index contributed by atoms with van der Waals surface area (Å²) in [6.07, 6.45) is -0.410. The number of carbonyl (C=O) groups is 2. The minimum Gasteiger partial charge on any atom is -0.467 e. The van der Waals surface area contributed by atoms with Gasteiger partial charge in [-0.1, -0.05) is 12.1 Å². The number of alkyl carbamates (subject to hydrolysis) is 1. The summed E-state index contributed by atoms with van der Waals surface area (Å²) < 4.78 is 9.99. The first-order valence-corrected chi connectivity index (χ1v) is 9.31. The number of alkyl halides is 1. The van der Waals surface area contributed by atoms with Crippen molar-refractivity contribution in [1.82, 2.24) is 5.32 Å². The number of benzene rings is 1. The van der Waals surface area contributed by atoms with Crippen molar-refractivity contribution in [3.63, 3.8) is 0 Å². The number of nitrogens with zero attached hydrogens (tertiary/aromatic N) is 1. The van der Waals surface area contributed by atoms with Gasteiger partial charge in [0.25, 0.3) is 0 Å². The van der Waals surface area contributed by atoms with Crippen molar-refractivity contribution < 1.29 is 24.2 Å². The molecule has 0 heterocycles.